The lowest BCUT2D eigenvalue weighted by molar-refractivity contribution is 0.191. The van der Waals surface area contributed by atoms with Gasteiger partial charge in [0.2, 0.25) is 0 Å². The zero-order valence-electron chi connectivity index (χ0n) is 12.4. The van der Waals surface area contributed by atoms with Crippen molar-refractivity contribution in [2.75, 3.05) is 11.9 Å². The van der Waals surface area contributed by atoms with E-state index >= 15 is 0 Å². The number of aromatic nitrogens is 2. The maximum Gasteiger partial charge on any atom is 0.142 e. The van der Waals surface area contributed by atoms with Gasteiger partial charge in [0.15, 0.2) is 0 Å². The first-order valence-corrected chi connectivity index (χ1v) is 8.38. The summed E-state index contributed by atoms with van der Waals surface area (Å²) in [6.45, 7) is 2.30. The summed E-state index contributed by atoms with van der Waals surface area (Å²) in [6.07, 6.45) is 1.57. The number of hydrogen-bond donors (Lipinski definition) is 2. The minimum atomic E-state index is -0.865. The van der Waals surface area contributed by atoms with E-state index in [1.807, 2.05) is 0 Å². The number of fused-ring (bicyclic) bond motifs is 1. The molecule has 0 fully saturated rings. The third-order valence-electron chi connectivity index (χ3n) is 3.52. The fourth-order valence-electron chi connectivity index (χ4n) is 2.25. The monoisotopic (exact) mass is 351 g/mol. The molecule has 23 heavy (non-hydrogen) atoms. The SMILES string of the molecule is CCc1cc2c(NCC(O)c3ccc(Cl)c(F)c3)ncnc2s1. The molecule has 1 atom stereocenters. The topological polar surface area (TPSA) is 58.0 Å². The number of rotatable bonds is 5. The third kappa shape index (κ3) is 3.44. The lowest BCUT2D eigenvalue weighted by Gasteiger charge is -2.13. The minimum absolute atomic E-state index is 0.0387. The number of nitrogens with zero attached hydrogens (tertiary/aromatic N) is 2. The summed E-state index contributed by atoms with van der Waals surface area (Å²) < 4.78 is 13.5. The first kappa shape index (κ1) is 16.1. The van der Waals surface area contributed by atoms with Crippen LogP contribution in [0.25, 0.3) is 10.2 Å². The molecule has 0 bridgehead atoms. The van der Waals surface area contributed by atoms with Gasteiger partial charge in [-0.2, -0.15) is 0 Å². The van der Waals surface area contributed by atoms with Crippen LogP contribution in [0.15, 0.2) is 30.6 Å². The maximum atomic E-state index is 13.5. The van der Waals surface area contributed by atoms with E-state index in [9.17, 15) is 9.50 Å². The Morgan fingerprint density at radius 3 is 2.91 bits per heavy atom. The lowest BCUT2D eigenvalue weighted by Crippen LogP contribution is -2.13. The fraction of sp³-hybridized carbons (Fsp3) is 0.250. The Kier molecular flexibility index (Phi) is 4.75. The van der Waals surface area contributed by atoms with Gasteiger partial charge in [0.1, 0.15) is 22.8 Å². The molecule has 2 aromatic heterocycles. The molecule has 0 amide bonds. The quantitative estimate of drug-likeness (QED) is 0.723. The molecule has 120 valence electrons. The second-order valence-corrected chi connectivity index (χ2v) is 6.60. The fourth-order valence-corrected chi connectivity index (χ4v) is 3.30. The molecule has 3 rings (SSSR count). The van der Waals surface area contributed by atoms with Gasteiger partial charge in [-0.25, -0.2) is 14.4 Å². The molecule has 2 N–H and O–H groups in total. The van der Waals surface area contributed by atoms with Crippen molar-refractivity contribution in [1.82, 2.24) is 9.97 Å². The number of nitrogens with one attached hydrogen (secondary N) is 1. The molecule has 0 saturated heterocycles. The van der Waals surface area contributed by atoms with Crippen molar-refractivity contribution in [3.63, 3.8) is 0 Å². The van der Waals surface area contributed by atoms with Gasteiger partial charge in [0.05, 0.1) is 16.5 Å². The smallest absolute Gasteiger partial charge is 0.142 e. The van der Waals surface area contributed by atoms with Crippen LogP contribution in [-0.2, 0) is 6.42 Å². The van der Waals surface area contributed by atoms with E-state index in [1.54, 1.807) is 17.4 Å². The number of hydrogen-bond acceptors (Lipinski definition) is 5. The molecule has 0 aliphatic rings. The molecular formula is C16H15ClFN3OS. The molecule has 0 aliphatic carbocycles. The average molecular weight is 352 g/mol. The molecule has 0 spiro atoms. The summed E-state index contributed by atoms with van der Waals surface area (Å²) in [5.41, 5.74) is 0.462. The number of aliphatic hydroxyl groups is 1. The summed E-state index contributed by atoms with van der Waals surface area (Å²) in [5.74, 6) is 0.123. The van der Waals surface area contributed by atoms with E-state index in [0.29, 0.717) is 11.4 Å². The molecule has 0 aliphatic heterocycles. The molecule has 4 nitrogen and oxygen atoms in total. The zero-order chi connectivity index (χ0) is 16.4. The van der Waals surface area contributed by atoms with Crippen LogP contribution >= 0.6 is 22.9 Å². The third-order valence-corrected chi connectivity index (χ3v) is 5.01. The highest BCUT2D eigenvalue weighted by atomic mass is 35.5. The normalized spacial score (nSPS) is 12.5. The molecule has 0 saturated carbocycles. The first-order valence-electron chi connectivity index (χ1n) is 7.18. The Bertz CT molecular complexity index is 839. The van der Waals surface area contributed by atoms with Crippen molar-refractivity contribution in [2.45, 2.75) is 19.4 Å². The van der Waals surface area contributed by atoms with Gasteiger partial charge >= 0.3 is 0 Å². The maximum absolute atomic E-state index is 13.5. The Labute approximate surface area is 142 Å². The van der Waals surface area contributed by atoms with Crippen molar-refractivity contribution < 1.29 is 9.50 Å². The van der Waals surface area contributed by atoms with Gasteiger partial charge in [-0.05, 0) is 30.2 Å². The molecule has 1 aromatic carbocycles. The van der Waals surface area contributed by atoms with Crippen LogP contribution in [0.4, 0.5) is 10.2 Å². The standard InChI is InChI=1S/C16H15ClFN3OS/c1-2-10-6-11-15(20-8-21-16(11)23-10)19-7-14(22)9-3-4-12(17)13(18)5-9/h3-6,8,14,22H,2,7H2,1H3,(H,19,20,21). The van der Waals surface area contributed by atoms with Gasteiger partial charge in [-0.1, -0.05) is 24.6 Å². The molecule has 3 aromatic rings. The number of benzene rings is 1. The second-order valence-electron chi connectivity index (χ2n) is 5.08. The highest BCUT2D eigenvalue weighted by Gasteiger charge is 2.12. The zero-order valence-corrected chi connectivity index (χ0v) is 14.0. The van der Waals surface area contributed by atoms with E-state index in [0.717, 1.165) is 16.6 Å². The first-order chi connectivity index (χ1) is 11.1. The average Bonchev–Trinajstić information content (AvgIpc) is 2.99. The van der Waals surface area contributed by atoms with Gasteiger partial charge in [0.25, 0.3) is 0 Å². The van der Waals surface area contributed by atoms with Gasteiger partial charge in [-0.15, -0.1) is 11.3 Å². The molecular weight excluding hydrogens is 337 g/mol. The number of thiophene rings is 1. The second kappa shape index (κ2) is 6.78. The predicted molar refractivity (Wildman–Crippen MR) is 91.7 cm³/mol. The van der Waals surface area contributed by atoms with Gasteiger partial charge in [-0.3, -0.25) is 0 Å². The van der Waals surface area contributed by atoms with Crippen LogP contribution < -0.4 is 5.32 Å². The lowest BCUT2D eigenvalue weighted by atomic mass is 10.1. The van der Waals surface area contributed by atoms with E-state index in [1.165, 1.54) is 23.3 Å². The minimum Gasteiger partial charge on any atom is -0.387 e. The Balaban J connectivity index is 1.77. The van der Waals surface area contributed by atoms with Crippen LogP contribution in [0, 0.1) is 5.82 Å². The predicted octanol–water partition coefficient (Wildman–Crippen LogP) is 4.19. The van der Waals surface area contributed by atoms with Crippen LogP contribution in [0.2, 0.25) is 5.02 Å². The van der Waals surface area contributed by atoms with Crippen molar-refractivity contribution in [3.8, 4) is 0 Å². The summed E-state index contributed by atoms with van der Waals surface area (Å²) in [5, 5.41) is 14.3. The largest absolute Gasteiger partial charge is 0.387 e. The number of anilines is 1. The Morgan fingerprint density at radius 1 is 1.35 bits per heavy atom. The van der Waals surface area contributed by atoms with Crippen molar-refractivity contribution in [1.29, 1.82) is 0 Å². The summed E-state index contributed by atoms with van der Waals surface area (Å²) in [7, 11) is 0. The number of aryl methyl sites for hydroxylation is 1. The number of halogens is 2. The van der Waals surface area contributed by atoms with Crippen molar-refractivity contribution in [2.24, 2.45) is 0 Å². The highest BCUT2D eigenvalue weighted by Crippen LogP contribution is 2.29. The summed E-state index contributed by atoms with van der Waals surface area (Å²) in [6, 6.07) is 6.33. The van der Waals surface area contributed by atoms with Crippen molar-refractivity contribution >= 4 is 39.0 Å². The van der Waals surface area contributed by atoms with E-state index in [2.05, 4.69) is 28.3 Å². The van der Waals surface area contributed by atoms with Crippen LogP contribution in [0.3, 0.4) is 0 Å². The Morgan fingerprint density at radius 2 is 2.17 bits per heavy atom. The van der Waals surface area contributed by atoms with Crippen LogP contribution in [0.5, 0.6) is 0 Å². The Hall–Kier alpha value is -1.76. The molecule has 0 radical (unpaired) electrons. The molecule has 2 heterocycles. The van der Waals surface area contributed by atoms with Gasteiger partial charge in [0, 0.05) is 11.4 Å². The summed E-state index contributed by atoms with van der Waals surface area (Å²) >= 11 is 7.28. The highest BCUT2D eigenvalue weighted by molar-refractivity contribution is 7.18. The van der Waals surface area contributed by atoms with Gasteiger partial charge < -0.3 is 10.4 Å². The van der Waals surface area contributed by atoms with Crippen LogP contribution in [-0.4, -0.2) is 21.6 Å². The molecule has 7 heteroatoms. The van der Waals surface area contributed by atoms with Crippen molar-refractivity contribution in [3.05, 3.63) is 51.9 Å². The van der Waals surface area contributed by atoms with E-state index in [4.69, 9.17) is 11.6 Å². The van der Waals surface area contributed by atoms with Crippen LogP contribution in [0.1, 0.15) is 23.5 Å². The van der Waals surface area contributed by atoms with E-state index < -0.39 is 11.9 Å². The molecule has 1 unspecified atom stereocenters. The summed E-state index contributed by atoms with van der Waals surface area (Å²) in [4.78, 5) is 10.6. The van der Waals surface area contributed by atoms with E-state index in [-0.39, 0.29) is 11.6 Å². The number of aliphatic hydroxyl groups excluding tert-OH is 1.